The van der Waals surface area contributed by atoms with E-state index < -0.39 is 11.6 Å². The van der Waals surface area contributed by atoms with E-state index >= 15 is 0 Å². The summed E-state index contributed by atoms with van der Waals surface area (Å²) in [5.41, 5.74) is 0.207. The van der Waals surface area contributed by atoms with Crippen LogP contribution in [0.5, 0.6) is 0 Å². The molecule has 0 N–H and O–H groups in total. The molecule has 0 radical (unpaired) electrons. The third-order valence-corrected chi connectivity index (χ3v) is 1.86. The summed E-state index contributed by atoms with van der Waals surface area (Å²) in [5.74, 6) is -0.977. The Morgan fingerprint density at radius 3 is 2.67 bits per heavy atom. The molecule has 1 aromatic heterocycles. The lowest BCUT2D eigenvalue weighted by Crippen LogP contribution is -1.83. The summed E-state index contributed by atoms with van der Waals surface area (Å²) in [6.07, 6.45) is 2.56. The highest BCUT2D eigenvalue weighted by molar-refractivity contribution is 5.56. The van der Waals surface area contributed by atoms with Crippen molar-refractivity contribution in [2.45, 2.75) is 6.92 Å². The lowest BCUT2D eigenvalue weighted by atomic mass is 10.2. The molecule has 0 spiro atoms. The van der Waals surface area contributed by atoms with Crippen LogP contribution in [-0.2, 0) is 9.53 Å². The molecule has 0 saturated carbocycles. The highest BCUT2D eigenvalue weighted by Crippen LogP contribution is 2.22. The predicted molar refractivity (Wildman–Crippen MR) is 59.5 cm³/mol. The molecule has 2 aromatic rings. The number of hydrogen-bond donors (Lipinski definition) is 0. The van der Waals surface area contributed by atoms with Gasteiger partial charge in [-0.1, -0.05) is 0 Å². The molecule has 0 atom stereocenters. The minimum absolute atomic E-state index is 0.207. The molecule has 0 bridgehead atoms. The molecule has 1 aromatic carbocycles. The fourth-order valence-corrected chi connectivity index (χ4v) is 1.11. The smallest absolute Gasteiger partial charge is 0.293 e. The topological polar surface area (TPSA) is 52.3 Å². The molecule has 1 heterocycles. The maximum absolute atomic E-state index is 13.1. The zero-order chi connectivity index (χ0) is 13.4. The van der Waals surface area contributed by atoms with Gasteiger partial charge >= 0.3 is 0 Å². The second kappa shape index (κ2) is 7.16. The number of rotatable bonds is 3. The van der Waals surface area contributed by atoms with E-state index in [1.807, 2.05) is 0 Å². The summed E-state index contributed by atoms with van der Waals surface area (Å²) >= 11 is 0. The molecule has 96 valence electrons. The van der Waals surface area contributed by atoms with Gasteiger partial charge in [0.1, 0.15) is 11.6 Å². The van der Waals surface area contributed by atoms with Crippen molar-refractivity contribution in [3.05, 3.63) is 42.4 Å². The molecule has 2 rings (SSSR count). The average Bonchev–Trinajstić information content (AvgIpc) is 2.84. The van der Waals surface area contributed by atoms with E-state index in [2.05, 4.69) is 9.72 Å². The van der Waals surface area contributed by atoms with Crippen LogP contribution in [0, 0.1) is 11.6 Å². The number of hydrogen-bond acceptors (Lipinski definition) is 4. The summed E-state index contributed by atoms with van der Waals surface area (Å²) in [5, 5.41) is 0. The molecular weight excluding hydrogens is 244 g/mol. The normalized spacial score (nSPS) is 9.28. The SMILES string of the molecule is CCOC=O.Fc1ccc(-c2cnco2)c(F)c1. The van der Waals surface area contributed by atoms with Crippen LogP contribution in [0.25, 0.3) is 11.3 Å². The van der Waals surface area contributed by atoms with E-state index in [4.69, 9.17) is 4.42 Å². The number of oxazole rings is 1. The van der Waals surface area contributed by atoms with Crippen molar-refractivity contribution >= 4 is 6.47 Å². The van der Waals surface area contributed by atoms with Crippen LogP contribution in [0.15, 0.2) is 35.2 Å². The zero-order valence-corrected chi connectivity index (χ0v) is 9.60. The van der Waals surface area contributed by atoms with Crippen molar-refractivity contribution in [2.75, 3.05) is 6.61 Å². The van der Waals surface area contributed by atoms with E-state index in [9.17, 15) is 13.6 Å². The van der Waals surface area contributed by atoms with Crippen molar-refractivity contribution in [1.29, 1.82) is 0 Å². The Labute approximate surface area is 102 Å². The summed E-state index contributed by atoms with van der Waals surface area (Å²) < 4.78 is 34.6. The van der Waals surface area contributed by atoms with Crippen molar-refractivity contribution in [1.82, 2.24) is 4.98 Å². The molecule has 0 aliphatic heterocycles. The van der Waals surface area contributed by atoms with Gasteiger partial charge in [0.25, 0.3) is 6.47 Å². The molecule has 0 aliphatic rings. The molecule has 0 amide bonds. The molecule has 4 nitrogen and oxygen atoms in total. The second-order valence-corrected chi connectivity index (χ2v) is 3.04. The number of carbonyl (C=O) groups is 1. The van der Waals surface area contributed by atoms with Crippen LogP contribution in [0.1, 0.15) is 6.92 Å². The standard InChI is InChI=1S/C9H5F2NO.C3H6O2/c10-6-1-2-7(8(11)3-6)9-4-12-5-13-9;1-2-5-3-4/h1-5H;3H,2H2,1H3. The Balaban J connectivity index is 0.000000280. The number of halogens is 2. The van der Waals surface area contributed by atoms with E-state index in [1.54, 1.807) is 6.92 Å². The number of carbonyl (C=O) groups excluding carboxylic acids is 1. The Hall–Kier alpha value is -2.24. The summed E-state index contributed by atoms with van der Waals surface area (Å²) in [6.45, 7) is 2.66. The van der Waals surface area contributed by atoms with Gasteiger partial charge in [-0.25, -0.2) is 13.8 Å². The van der Waals surface area contributed by atoms with Crippen molar-refractivity contribution < 1.29 is 22.7 Å². The Kier molecular flexibility index (Phi) is 5.50. The van der Waals surface area contributed by atoms with Crippen LogP contribution >= 0.6 is 0 Å². The van der Waals surface area contributed by atoms with Gasteiger partial charge in [0.15, 0.2) is 12.2 Å². The number of aromatic nitrogens is 1. The van der Waals surface area contributed by atoms with E-state index in [-0.39, 0.29) is 11.3 Å². The maximum Gasteiger partial charge on any atom is 0.293 e. The molecule has 0 saturated heterocycles. The molecule has 6 heteroatoms. The van der Waals surface area contributed by atoms with Gasteiger partial charge in [0.05, 0.1) is 18.4 Å². The van der Waals surface area contributed by atoms with Gasteiger partial charge in [-0.15, -0.1) is 0 Å². The lowest BCUT2D eigenvalue weighted by Gasteiger charge is -1.97. The fraction of sp³-hybridized carbons (Fsp3) is 0.167. The largest absolute Gasteiger partial charge is 0.468 e. The van der Waals surface area contributed by atoms with Crippen LogP contribution in [0.4, 0.5) is 8.78 Å². The second-order valence-electron chi connectivity index (χ2n) is 3.04. The molecule has 18 heavy (non-hydrogen) atoms. The monoisotopic (exact) mass is 255 g/mol. The van der Waals surface area contributed by atoms with Crippen molar-refractivity contribution in [2.24, 2.45) is 0 Å². The summed E-state index contributed by atoms with van der Waals surface area (Å²) in [6, 6.07) is 3.28. The van der Waals surface area contributed by atoms with Crippen LogP contribution in [-0.4, -0.2) is 18.1 Å². The first-order valence-electron chi connectivity index (χ1n) is 5.08. The maximum atomic E-state index is 13.1. The Bertz CT molecular complexity index is 486. The first-order valence-corrected chi connectivity index (χ1v) is 5.08. The van der Waals surface area contributed by atoms with E-state index in [0.29, 0.717) is 13.1 Å². The minimum atomic E-state index is -0.656. The first-order chi connectivity index (χ1) is 8.69. The van der Waals surface area contributed by atoms with Gasteiger partial charge in [-0.3, -0.25) is 4.79 Å². The lowest BCUT2D eigenvalue weighted by molar-refractivity contribution is -0.128. The number of benzene rings is 1. The predicted octanol–water partition coefficient (Wildman–Crippen LogP) is 2.80. The summed E-state index contributed by atoms with van der Waals surface area (Å²) in [4.78, 5) is 12.8. The fourth-order valence-electron chi connectivity index (χ4n) is 1.11. The van der Waals surface area contributed by atoms with Crippen LogP contribution in [0.2, 0.25) is 0 Å². The van der Waals surface area contributed by atoms with Crippen LogP contribution < -0.4 is 0 Å². The highest BCUT2D eigenvalue weighted by Gasteiger charge is 2.08. The molecule has 0 fully saturated rings. The third kappa shape index (κ3) is 3.97. The Morgan fingerprint density at radius 1 is 1.44 bits per heavy atom. The number of ether oxygens (including phenoxy) is 1. The number of nitrogens with zero attached hydrogens (tertiary/aromatic N) is 1. The highest BCUT2D eigenvalue weighted by atomic mass is 19.1. The van der Waals surface area contributed by atoms with Crippen molar-refractivity contribution in [3.63, 3.8) is 0 Å². The average molecular weight is 255 g/mol. The van der Waals surface area contributed by atoms with E-state index in [0.717, 1.165) is 6.07 Å². The zero-order valence-electron chi connectivity index (χ0n) is 9.60. The van der Waals surface area contributed by atoms with Gasteiger partial charge in [0, 0.05) is 6.07 Å². The Morgan fingerprint density at radius 2 is 2.22 bits per heavy atom. The summed E-state index contributed by atoms with van der Waals surface area (Å²) in [7, 11) is 0. The quantitative estimate of drug-likeness (QED) is 0.791. The van der Waals surface area contributed by atoms with Crippen molar-refractivity contribution in [3.8, 4) is 11.3 Å². The molecule has 0 unspecified atom stereocenters. The molecular formula is C12H11F2NO3. The van der Waals surface area contributed by atoms with E-state index in [1.165, 1.54) is 24.7 Å². The van der Waals surface area contributed by atoms with Gasteiger partial charge < -0.3 is 9.15 Å². The first kappa shape index (κ1) is 13.8. The van der Waals surface area contributed by atoms with Gasteiger partial charge in [-0.05, 0) is 19.1 Å². The van der Waals surface area contributed by atoms with Gasteiger partial charge in [0.2, 0.25) is 0 Å². The minimum Gasteiger partial charge on any atom is -0.468 e. The van der Waals surface area contributed by atoms with Gasteiger partial charge in [-0.2, -0.15) is 0 Å². The molecule has 0 aliphatic carbocycles. The van der Waals surface area contributed by atoms with Crippen LogP contribution in [0.3, 0.4) is 0 Å². The third-order valence-electron chi connectivity index (χ3n) is 1.86.